The Balaban J connectivity index is 2.37. The monoisotopic (exact) mass is 196 g/mol. The van der Waals surface area contributed by atoms with Crippen molar-refractivity contribution in [1.82, 2.24) is 5.32 Å². The molecule has 80 valence electrons. The molecule has 0 bridgehead atoms. The van der Waals surface area contributed by atoms with Crippen molar-refractivity contribution in [1.29, 1.82) is 0 Å². The maximum Gasteiger partial charge on any atom is 0.118 e. The van der Waals surface area contributed by atoms with E-state index >= 15 is 0 Å². The van der Waals surface area contributed by atoms with E-state index in [2.05, 4.69) is 30.2 Å². The first-order valence-corrected chi connectivity index (χ1v) is 5.18. The van der Waals surface area contributed by atoms with Crippen LogP contribution >= 0.6 is 0 Å². The minimum atomic E-state index is 0.149. The van der Waals surface area contributed by atoms with Crippen molar-refractivity contribution in [3.63, 3.8) is 0 Å². The minimum absolute atomic E-state index is 0.149. The molecule has 0 aliphatic carbocycles. The van der Waals surface area contributed by atoms with Crippen molar-refractivity contribution in [2.75, 3.05) is 20.3 Å². The number of allylic oxidation sites excluding steroid dienone is 1. The van der Waals surface area contributed by atoms with Crippen LogP contribution in [0.5, 0.6) is 0 Å². The first kappa shape index (κ1) is 11.4. The smallest absolute Gasteiger partial charge is 0.118 e. The number of methoxy groups -OCH3 is 1. The third-order valence-corrected chi connectivity index (χ3v) is 2.37. The molecule has 1 rings (SSSR count). The summed E-state index contributed by atoms with van der Waals surface area (Å²) in [5.74, 6) is 0.619. The predicted octanol–water partition coefficient (Wildman–Crippen LogP) is 1.61. The second-order valence-electron chi connectivity index (χ2n) is 3.82. The zero-order valence-electron chi connectivity index (χ0n) is 9.29. The summed E-state index contributed by atoms with van der Waals surface area (Å²) in [6.07, 6.45) is 5.37. The highest BCUT2D eigenvalue weighted by molar-refractivity contribution is 5.63. The van der Waals surface area contributed by atoms with Gasteiger partial charge in [0.05, 0.1) is 6.61 Å². The van der Waals surface area contributed by atoms with Crippen molar-refractivity contribution in [3.8, 4) is 0 Å². The first-order valence-electron chi connectivity index (χ1n) is 5.18. The van der Waals surface area contributed by atoms with Gasteiger partial charge in [0.2, 0.25) is 0 Å². The molecule has 0 aromatic heterocycles. The molecule has 1 atom stereocenters. The highest BCUT2D eigenvalue weighted by Gasteiger charge is 2.10. The van der Waals surface area contributed by atoms with Gasteiger partial charge in [-0.05, 0) is 12.0 Å². The SMILES string of the molecule is COCCNC1C=C(C(C)C)CC=N1. The molecule has 0 saturated carbocycles. The van der Waals surface area contributed by atoms with Crippen molar-refractivity contribution in [2.45, 2.75) is 26.4 Å². The first-order chi connectivity index (χ1) is 6.74. The van der Waals surface area contributed by atoms with Crippen LogP contribution < -0.4 is 5.32 Å². The molecule has 0 saturated heterocycles. The van der Waals surface area contributed by atoms with Gasteiger partial charge in [-0.1, -0.05) is 19.4 Å². The van der Waals surface area contributed by atoms with Crippen LogP contribution in [0.15, 0.2) is 16.6 Å². The highest BCUT2D eigenvalue weighted by atomic mass is 16.5. The van der Waals surface area contributed by atoms with Gasteiger partial charge in [-0.2, -0.15) is 0 Å². The van der Waals surface area contributed by atoms with E-state index in [0.717, 1.165) is 19.6 Å². The van der Waals surface area contributed by atoms with Crippen LogP contribution in [-0.4, -0.2) is 32.6 Å². The molecule has 1 aliphatic rings. The van der Waals surface area contributed by atoms with Crippen LogP contribution in [0.1, 0.15) is 20.3 Å². The van der Waals surface area contributed by atoms with Crippen LogP contribution in [-0.2, 0) is 4.74 Å². The molecule has 0 radical (unpaired) electrons. The Bertz CT molecular complexity index is 221. The van der Waals surface area contributed by atoms with Crippen molar-refractivity contribution >= 4 is 6.21 Å². The molecule has 0 amide bonds. The summed E-state index contributed by atoms with van der Waals surface area (Å²) in [4.78, 5) is 4.37. The number of nitrogens with zero attached hydrogens (tertiary/aromatic N) is 1. The largest absolute Gasteiger partial charge is 0.383 e. The van der Waals surface area contributed by atoms with Crippen LogP contribution in [0, 0.1) is 5.92 Å². The topological polar surface area (TPSA) is 33.6 Å². The van der Waals surface area contributed by atoms with E-state index in [-0.39, 0.29) is 6.17 Å². The molecule has 1 unspecified atom stereocenters. The number of hydrogen-bond acceptors (Lipinski definition) is 3. The maximum atomic E-state index is 4.97. The van der Waals surface area contributed by atoms with Crippen molar-refractivity contribution in [3.05, 3.63) is 11.6 Å². The van der Waals surface area contributed by atoms with Gasteiger partial charge in [0, 0.05) is 26.3 Å². The van der Waals surface area contributed by atoms with E-state index in [4.69, 9.17) is 4.74 Å². The Morgan fingerprint density at radius 2 is 2.43 bits per heavy atom. The lowest BCUT2D eigenvalue weighted by Crippen LogP contribution is -2.30. The Hall–Kier alpha value is -0.670. The van der Waals surface area contributed by atoms with Gasteiger partial charge >= 0.3 is 0 Å². The van der Waals surface area contributed by atoms with Gasteiger partial charge in [-0.15, -0.1) is 0 Å². The predicted molar refractivity (Wildman–Crippen MR) is 59.7 cm³/mol. The Morgan fingerprint density at radius 3 is 3.07 bits per heavy atom. The highest BCUT2D eigenvalue weighted by Crippen LogP contribution is 2.16. The van der Waals surface area contributed by atoms with E-state index < -0.39 is 0 Å². The van der Waals surface area contributed by atoms with E-state index in [9.17, 15) is 0 Å². The molecule has 3 heteroatoms. The lowest BCUT2D eigenvalue weighted by Gasteiger charge is -2.18. The number of aliphatic imine (C=N–C) groups is 1. The summed E-state index contributed by atoms with van der Waals surface area (Å²) in [5.41, 5.74) is 1.47. The lowest BCUT2D eigenvalue weighted by atomic mass is 9.98. The summed E-state index contributed by atoms with van der Waals surface area (Å²) < 4.78 is 4.97. The number of hydrogen-bond donors (Lipinski definition) is 1. The van der Waals surface area contributed by atoms with Gasteiger partial charge in [-0.25, -0.2) is 0 Å². The Kier molecular flexibility index (Phi) is 4.84. The quantitative estimate of drug-likeness (QED) is 0.535. The summed E-state index contributed by atoms with van der Waals surface area (Å²) in [6, 6.07) is 0. The second-order valence-corrected chi connectivity index (χ2v) is 3.82. The molecule has 1 N–H and O–H groups in total. The summed E-state index contributed by atoms with van der Waals surface area (Å²) in [5, 5.41) is 3.31. The third-order valence-electron chi connectivity index (χ3n) is 2.37. The van der Waals surface area contributed by atoms with Gasteiger partial charge in [0.25, 0.3) is 0 Å². The molecule has 1 heterocycles. The van der Waals surface area contributed by atoms with Crippen LogP contribution in [0.2, 0.25) is 0 Å². The van der Waals surface area contributed by atoms with Gasteiger partial charge in [0.1, 0.15) is 6.17 Å². The second kappa shape index (κ2) is 5.94. The normalized spacial score (nSPS) is 21.4. The van der Waals surface area contributed by atoms with E-state index in [1.807, 2.05) is 6.21 Å². The van der Waals surface area contributed by atoms with Crippen molar-refractivity contribution < 1.29 is 4.74 Å². The number of rotatable bonds is 5. The number of dihydropyridines is 1. The van der Waals surface area contributed by atoms with E-state index in [0.29, 0.717) is 5.92 Å². The molecule has 0 aromatic carbocycles. The third kappa shape index (κ3) is 3.60. The van der Waals surface area contributed by atoms with E-state index in [1.54, 1.807) is 7.11 Å². The lowest BCUT2D eigenvalue weighted by molar-refractivity contribution is 0.197. The molecule has 0 aromatic rings. The molecular formula is C11H20N2O. The van der Waals surface area contributed by atoms with Crippen LogP contribution in [0.25, 0.3) is 0 Å². The maximum absolute atomic E-state index is 4.97. The molecule has 0 fully saturated rings. The average Bonchev–Trinajstić information content (AvgIpc) is 2.19. The summed E-state index contributed by atoms with van der Waals surface area (Å²) in [7, 11) is 1.71. The van der Waals surface area contributed by atoms with Gasteiger partial charge in [-0.3, -0.25) is 10.3 Å². The average molecular weight is 196 g/mol. The molecule has 0 spiro atoms. The van der Waals surface area contributed by atoms with Gasteiger partial charge < -0.3 is 4.74 Å². The molecule has 1 aliphatic heterocycles. The standard InChI is InChI=1S/C11H20N2O/c1-9(2)10-4-5-12-11(8-10)13-6-7-14-3/h5,8-9,11,13H,4,6-7H2,1-3H3. The fourth-order valence-electron chi connectivity index (χ4n) is 1.43. The summed E-state index contributed by atoms with van der Waals surface area (Å²) in [6.45, 7) is 6.02. The summed E-state index contributed by atoms with van der Waals surface area (Å²) >= 11 is 0. The van der Waals surface area contributed by atoms with E-state index in [1.165, 1.54) is 5.57 Å². The molecular weight excluding hydrogens is 176 g/mol. The molecule has 14 heavy (non-hydrogen) atoms. The zero-order valence-corrected chi connectivity index (χ0v) is 9.29. The Morgan fingerprint density at radius 1 is 1.64 bits per heavy atom. The van der Waals surface area contributed by atoms with Crippen LogP contribution in [0.3, 0.4) is 0 Å². The fourth-order valence-corrected chi connectivity index (χ4v) is 1.43. The molecule has 3 nitrogen and oxygen atoms in total. The van der Waals surface area contributed by atoms with Gasteiger partial charge in [0.15, 0.2) is 0 Å². The number of ether oxygens (including phenoxy) is 1. The van der Waals surface area contributed by atoms with Crippen LogP contribution in [0.4, 0.5) is 0 Å². The fraction of sp³-hybridized carbons (Fsp3) is 0.727. The zero-order chi connectivity index (χ0) is 10.4. The Labute approximate surface area is 86.3 Å². The van der Waals surface area contributed by atoms with Crippen molar-refractivity contribution in [2.24, 2.45) is 10.9 Å². The minimum Gasteiger partial charge on any atom is -0.383 e. The number of nitrogens with one attached hydrogen (secondary N) is 1.